The zero-order valence-corrected chi connectivity index (χ0v) is 15.4. The van der Waals surface area contributed by atoms with Gasteiger partial charge in [-0.2, -0.15) is 0 Å². The highest BCUT2D eigenvalue weighted by Crippen LogP contribution is 2.34. The van der Waals surface area contributed by atoms with Crippen LogP contribution in [0.2, 0.25) is 0 Å². The summed E-state index contributed by atoms with van der Waals surface area (Å²) >= 11 is 0. The molecule has 1 aromatic heterocycles. The van der Waals surface area contributed by atoms with Crippen LogP contribution in [-0.4, -0.2) is 44.1 Å². The minimum absolute atomic E-state index is 0.171. The Labute approximate surface area is 150 Å². The van der Waals surface area contributed by atoms with Crippen LogP contribution in [0.3, 0.4) is 0 Å². The molecule has 0 bridgehead atoms. The normalized spacial score (nSPS) is 14.8. The molecule has 1 aliphatic heterocycles. The Kier molecular flexibility index (Phi) is 6.34. The number of rotatable bonds is 10. The fraction of sp³-hybridized carbons (Fsp3) is 0.600. The number of fused-ring (bicyclic) bond motifs is 3. The summed E-state index contributed by atoms with van der Waals surface area (Å²) in [5.41, 5.74) is 10.3. The molecule has 5 nitrogen and oxygen atoms in total. The van der Waals surface area contributed by atoms with Gasteiger partial charge in [0.2, 0.25) is 0 Å². The Morgan fingerprint density at radius 1 is 1.20 bits per heavy atom. The maximum atomic E-state index is 6.09. The van der Waals surface area contributed by atoms with Crippen molar-refractivity contribution in [2.24, 2.45) is 5.73 Å². The molecule has 0 radical (unpaired) electrons. The van der Waals surface area contributed by atoms with Crippen LogP contribution in [0.25, 0.3) is 10.9 Å². The van der Waals surface area contributed by atoms with Crippen molar-refractivity contribution in [3.05, 3.63) is 29.5 Å². The van der Waals surface area contributed by atoms with E-state index >= 15 is 0 Å². The molecule has 1 aliphatic rings. The van der Waals surface area contributed by atoms with Gasteiger partial charge < -0.3 is 24.5 Å². The van der Waals surface area contributed by atoms with Crippen LogP contribution >= 0.6 is 0 Å². The first kappa shape index (κ1) is 18.2. The first-order chi connectivity index (χ1) is 12.2. The van der Waals surface area contributed by atoms with Gasteiger partial charge in [0, 0.05) is 49.3 Å². The molecule has 1 aromatic carbocycles. The van der Waals surface area contributed by atoms with Gasteiger partial charge in [-0.25, -0.2) is 0 Å². The molecule has 0 unspecified atom stereocenters. The Hall–Kier alpha value is -1.56. The van der Waals surface area contributed by atoms with Crippen molar-refractivity contribution in [2.45, 2.75) is 45.2 Å². The van der Waals surface area contributed by atoms with Crippen molar-refractivity contribution in [1.82, 2.24) is 4.57 Å². The Balaban J connectivity index is 1.65. The van der Waals surface area contributed by atoms with Crippen LogP contribution in [0.4, 0.5) is 0 Å². The van der Waals surface area contributed by atoms with E-state index < -0.39 is 0 Å². The van der Waals surface area contributed by atoms with E-state index in [4.69, 9.17) is 19.9 Å². The van der Waals surface area contributed by atoms with Crippen molar-refractivity contribution < 1.29 is 14.2 Å². The minimum atomic E-state index is 0.171. The molecular weight excluding hydrogens is 316 g/mol. The smallest absolute Gasteiger partial charge is 0.120 e. The van der Waals surface area contributed by atoms with Gasteiger partial charge in [-0.3, -0.25) is 0 Å². The molecule has 0 aliphatic carbocycles. The highest BCUT2D eigenvalue weighted by Gasteiger charge is 2.21. The Morgan fingerprint density at radius 2 is 2.08 bits per heavy atom. The van der Waals surface area contributed by atoms with E-state index in [1.54, 1.807) is 7.11 Å². The molecule has 3 rings (SSSR count). The van der Waals surface area contributed by atoms with Crippen LogP contribution < -0.4 is 10.5 Å². The summed E-state index contributed by atoms with van der Waals surface area (Å²) in [6.45, 7) is 5.83. The van der Waals surface area contributed by atoms with Crippen LogP contribution in [0, 0.1) is 0 Å². The van der Waals surface area contributed by atoms with E-state index in [2.05, 4.69) is 29.7 Å². The largest absolute Gasteiger partial charge is 0.493 e. The number of aryl methyl sites for hydroxylation is 1. The summed E-state index contributed by atoms with van der Waals surface area (Å²) in [5.74, 6) is 0.930. The zero-order valence-electron chi connectivity index (χ0n) is 15.4. The number of aromatic nitrogens is 1. The molecule has 2 heterocycles. The summed E-state index contributed by atoms with van der Waals surface area (Å²) in [4.78, 5) is 0. The lowest BCUT2D eigenvalue weighted by molar-refractivity contribution is 0.0644. The second kappa shape index (κ2) is 8.70. The van der Waals surface area contributed by atoms with E-state index in [9.17, 15) is 0 Å². The van der Waals surface area contributed by atoms with Gasteiger partial charge in [-0.15, -0.1) is 0 Å². The molecule has 1 atom stereocenters. The lowest BCUT2D eigenvalue weighted by Crippen LogP contribution is -2.18. The van der Waals surface area contributed by atoms with Gasteiger partial charge in [0.1, 0.15) is 5.75 Å². The summed E-state index contributed by atoms with van der Waals surface area (Å²) in [6.07, 6.45) is 4.20. The number of benzene rings is 1. The molecule has 0 saturated heterocycles. The Bertz CT molecular complexity index is 694. The average Bonchev–Trinajstić information content (AvgIpc) is 3.17. The summed E-state index contributed by atoms with van der Waals surface area (Å²) in [7, 11) is 1.68. The second-order valence-electron chi connectivity index (χ2n) is 6.85. The number of nitrogens with zero attached hydrogens (tertiary/aromatic N) is 1. The Morgan fingerprint density at radius 3 is 2.88 bits per heavy atom. The molecular formula is C20H30N2O3. The third-order valence-corrected chi connectivity index (χ3v) is 4.71. The number of ether oxygens (including phenoxy) is 3. The molecule has 0 fully saturated rings. The molecule has 25 heavy (non-hydrogen) atoms. The first-order valence-corrected chi connectivity index (χ1v) is 9.29. The maximum Gasteiger partial charge on any atom is 0.120 e. The van der Waals surface area contributed by atoms with Crippen LogP contribution in [0.1, 0.15) is 31.0 Å². The van der Waals surface area contributed by atoms with Gasteiger partial charge in [0.25, 0.3) is 0 Å². The number of hydrogen-bond acceptors (Lipinski definition) is 4. The third-order valence-electron chi connectivity index (χ3n) is 4.71. The lowest BCUT2D eigenvalue weighted by atomic mass is 10.0. The number of methoxy groups -OCH3 is 1. The van der Waals surface area contributed by atoms with E-state index in [1.807, 2.05) is 0 Å². The van der Waals surface area contributed by atoms with Gasteiger partial charge >= 0.3 is 0 Å². The molecule has 2 N–H and O–H groups in total. The monoisotopic (exact) mass is 346 g/mol. The summed E-state index contributed by atoms with van der Waals surface area (Å²) in [5, 5.41) is 1.31. The summed E-state index contributed by atoms with van der Waals surface area (Å²) in [6, 6.07) is 6.63. The molecule has 0 amide bonds. The third kappa shape index (κ3) is 4.35. The minimum Gasteiger partial charge on any atom is -0.493 e. The molecule has 138 valence electrons. The number of hydrogen-bond donors (Lipinski definition) is 1. The fourth-order valence-electron chi connectivity index (χ4n) is 3.64. The molecule has 2 aromatic rings. The topological polar surface area (TPSA) is 58.6 Å². The quantitative estimate of drug-likeness (QED) is 0.672. The lowest BCUT2D eigenvalue weighted by Gasteiger charge is -2.09. The van der Waals surface area contributed by atoms with Crippen LogP contribution in [-0.2, 0) is 28.9 Å². The highest BCUT2D eigenvalue weighted by atomic mass is 16.5. The van der Waals surface area contributed by atoms with Crippen molar-refractivity contribution >= 4 is 10.9 Å². The molecule has 0 spiro atoms. The van der Waals surface area contributed by atoms with Crippen molar-refractivity contribution in [3.8, 4) is 5.75 Å². The van der Waals surface area contributed by atoms with E-state index in [0.717, 1.165) is 31.6 Å². The van der Waals surface area contributed by atoms with Crippen LogP contribution in [0.15, 0.2) is 18.2 Å². The van der Waals surface area contributed by atoms with E-state index in [0.29, 0.717) is 26.4 Å². The van der Waals surface area contributed by atoms with Crippen molar-refractivity contribution in [3.63, 3.8) is 0 Å². The standard InChI is InChI=1S/C20H30N2O3/c1-15(21)13-17-18-14-16(25-10-4-9-24-12-11-23-2)6-7-20(18)22-8-3-5-19(17)22/h6-7,14-15H,3-5,8-13,21H2,1-2H3/t15-/m0/s1. The first-order valence-electron chi connectivity index (χ1n) is 9.29. The molecule has 0 saturated carbocycles. The van der Waals surface area contributed by atoms with Gasteiger partial charge in [0.05, 0.1) is 19.8 Å². The zero-order chi connectivity index (χ0) is 17.6. The highest BCUT2D eigenvalue weighted by molar-refractivity contribution is 5.87. The predicted octanol–water partition coefficient (Wildman–Crippen LogP) is 2.91. The van der Waals surface area contributed by atoms with Crippen molar-refractivity contribution in [1.29, 1.82) is 0 Å². The van der Waals surface area contributed by atoms with E-state index in [-0.39, 0.29) is 6.04 Å². The van der Waals surface area contributed by atoms with Gasteiger partial charge in [-0.1, -0.05) is 0 Å². The number of nitrogens with two attached hydrogens (primary N) is 1. The predicted molar refractivity (Wildman–Crippen MR) is 100 cm³/mol. The molecule has 5 heteroatoms. The second-order valence-corrected chi connectivity index (χ2v) is 6.85. The van der Waals surface area contributed by atoms with Gasteiger partial charge in [0.15, 0.2) is 0 Å². The fourth-order valence-corrected chi connectivity index (χ4v) is 3.64. The maximum absolute atomic E-state index is 6.09. The van der Waals surface area contributed by atoms with Gasteiger partial charge in [-0.05, 0) is 49.9 Å². The van der Waals surface area contributed by atoms with Crippen LogP contribution in [0.5, 0.6) is 5.75 Å². The van der Waals surface area contributed by atoms with E-state index in [1.165, 1.54) is 28.6 Å². The SMILES string of the molecule is COCCOCCCOc1ccc2c(c1)c(C[C@H](C)N)c1n2CCC1. The summed E-state index contributed by atoms with van der Waals surface area (Å²) < 4.78 is 18.8. The average molecular weight is 346 g/mol. The van der Waals surface area contributed by atoms with Crippen molar-refractivity contribution in [2.75, 3.05) is 33.5 Å².